The predicted octanol–water partition coefficient (Wildman–Crippen LogP) is 5.07. The summed E-state index contributed by atoms with van der Waals surface area (Å²) >= 11 is 0. The van der Waals surface area contributed by atoms with Gasteiger partial charge in [0.1, 0.15) is 11.3 Å². The van der Waals surface area contributed by atoms with Crippen LogP contribution in [0.5, 0.6) is 0 Å². The predicted molar refractivity (Wildman–Crippen MR) is 103 cm³/mol. The van der Waals surface area contributed by atoms with Crippen molar-refractivity contribution >= 4 is 10.9 Å². The smallest absolute Gasteiger partial charge is 0.126 e. The zero-order chi connectivity index (χ0) is 17.4. The lowest BCUT2D eigenvalue weighted by Gasteiger charge is -2.12. The monoisotopic (exact) mass is 327 g/mol. The van der Waals surface area contributed by atoms with Gasteiger partial charge in [0.25, 0.3) is 0 Å². The first-order chi connectivity index (χ1) is 12.1. The van der Waals surface area contributed by atoms with Gasteiger partial charge in [0.05, 0.1) is 11.4 Å². The molecule has 25 heavy (non-hydrogen) atoms. The van der Waals surface area contributed by atoms with Crippen LogP contribution >= 0.6 is 0 Å². The Bertz CT molecular complexity index is 1030. The van der Waals surface area contributed by atoms with E-state index in [-0.39, 0.29) is 0 Å². The quantitative estimate of drug-likeness (QED) is 0.526. The highest BCUT2D eigenvalue weighted by Gasteiger charge is 2.19. The number of benzene rings is 2. The molecule has 0 bridgehead atoms. The highest BCUT2D eigenvalue weighted by molar-refractivity contribution is 5.96. The molecule has 2 aromatic heterocycles. The highest BCUT2D eigenvalue weighted by Crippen LogP contribution is 2.34. The molecule has 4 rings (SSSR count). The van der Waals surface area contributed by atoms with Crippen LogP contribution in [-0.4, -0.2) is 14.5 Å². The number of aromatic nitrogens is 3. The molecule has 3 nitrogen and oxygen atoms in total. The van der Waals surface area contributed by atoms with E-state index >= 15 is 0 Å². The number of hydrogen-bond acceptors (Lipinski definition) is 2. The van der Waals surface area contributed by atoms with E-state index < -0.39 is 0 Å². The highest BCUT2D eigenvalue weighted by atomic mass is 15.0. The fourth-order valence-corrected chi connectivity index (χ4v) is 3.60. The van der Waals surface area contributed by atoms with Gasteiger partial charge in [-0.05, 0) is 26.3 Å². The minimum absolute atomic E-state index is 0.819. The molecule has 4 aromatic rings. The van der Waals surface area contributed by atoms with Crippen LogP contribution in [-0.2, 0) is 6.54 Å². The standard InChI is InChI=1S/C22H21N3/c1-15-20-16(2)25(14-18-10-6-4-7-11-18)22(19-12-8-5-9-13-19)21(20)24-17(3)23-15/h4-13H,14H2,1-3H3. The van der Waals surface area contributed by atoms with E-state index in [1.807, 2.05) is 6.92 Å². The van der Waals surface area contributed by atoms with Gasteiger partial charge in [-0.25, -0.2) is 9.97 Å². The first-order valence-corrected chi connectivity index (χ1v) is 8.58. The van der Waals surface area contributed by atoms with Gasteiger partial charge in [-0.1, -0.05) is 60.7 Å². The Morgan fingerprint density at radius 2 is 1.44 bits per heavy atom. The van der Waals surface area contributed by atoms with Crippen LogP contribution in [0.2, 0.25) is 0 Å². The topological polar surface area (TPSA) is 30.7 Å². The molecule has 0 aliphatic carbocycles. The Labute approximate surface area is 148 Å². The molecule has 0 aliphatic rings. The second kappa shape index (κ2) is 6.17. The van der Waals surface area contributed by atoms with E-state index in [9.17, 15) is 0 Å². The van der Waals surface area contributed by atoms with Crippen LogP contribution in [0.15, 0.2) is 60.7 Å². The summed E-state index contributed by atoms with van der Waals surface area (Å²) in [5.41, 5.74) is 6.95. The van der Waals surface area contributed by atoms with Crippen molar-refractivity contribution in [3.05, 3.63) is 83.4 Å². The summed E-state index contributed by atoms with van der Waals surface area (Å²) in [4.78, 5) is 9.40. The number of fused-ring (bicyclic) bond motifs is 1. The molecule has 2 heterocycles. The SMILES string of the molecule is Cc1nc(C)c2c(C)n(Cc3ccccc3)c(-c3ccccc3)c2n1. The zero-order valence-electron chi connectivity index (χ0n) is 14.8. The maximum Gasteiger partial charge on any atom is 0.126 e. The molecule has 0 spiro atoms. The number of aryl methyl sites for hydroxylation is 3. The Hall–Kier alpha value is -2.94. The van der Waals surface area contributed by atoms with Crippen LogP contribution in [0, 0.1) is 20.8 Å². The largest absolute Gasteiger partial charge is 0.338 e. The molecule has 0 radical (unpaired) electrons. The average Bonchev–Trinajstić information content (AvgIpc) is 2.88. The van der Waals surface area contributed by atoms with E-state index in [1.165, 1.54) is 27.9 Å². The molecule has 3 heteroatoms. The summed E-state index contributed by atoms with van der Waals surface area (Å²) < 4.78 is 2.37. The van der Waals surface area contributed by atoms with Gasteiger partial charge in [-0.15, -0.1) is 0 Å². The third-order valence-electron chi connectivity index (χ3n) is 4.69. The zero-order valence-corrected chi connectivity index (χ0v) is 14.8. The van der Waals surface area contributed by atoms with Gasteiger partial charge < -0.3 is 4.57 Å². The van der Waals surface area contributed by atoms with Crippen molar-refractivity contribution in [1.29, 1.82) is 0 Å². The van der Waals surface area contributed by atoms with Crippen molar-refractivity contribution in [3.8, 4) is 11.3 Å². The Morgan fingerprint density at radius 1 is 0.800 bits per heavy atom. The van der Waals surface area contributed by atoms with Crippen LogP contribution in [0.25, 0.3) is 22.2 Å². The maximum atomic E-state index is 4.80. The van der Waals surface area contributed by atoms with Crippen molar-refractivity contribution in [2.45, 2.75) is 27.3 Å². The fraction of sp³-hybridized carbons (Fsp3) is 0.182. The van der Waals surface area contributed by atoms with Gasteiger partial charge in [-0.3, -0.25) is 0 Å². The van der Waals surface area contributed by atoms with Crippen LogP contribution < -0.4 is 0 Å². The van der Waals surface area contributed by atoms with E-state index in [0.717, 1.165) is 23.6 Å². The summed E-state index contributed by atoms with van der Waals surface area (Å²) in [5.74, 6) is 0.819. The lowest BCUT2D eigenvalue weighted by atomic mass is 10.1. The summed E-state index contributed by atoms with van der Waals surface area (Å²) in [5, 5.41) is 1.17. The minimum Gasteiger partial charge on any atom is -0.338 e. The van der Waals surface area contributed by atoms with E-state index in [2.05, 4.69) is 84.1 Å². The fourth-order valence-electron chi connectivity index (χ4n) is 3.60. The van der Waals surface area contributed by atoms with Gasteiger partial charge in [-0.2, -0.15) is 0 Å². The van der Waals surface area contributed by atoms with E-state index in [0.29, 0.717) is 0 Å². The third kappa shape index (κ3) is 2.72. The second-order valence-electron chi connectivity index (χ2n) is 6.45. The normalized spacial score (nSPS) is 11.2. The molecule has 2 aromatic carbocycles. The second-order valence-corrected chi connectivity index (χ2v) is 6.45. The number of nitrogens with zero attached hydrogens (tertiary/aromatic N) is 3. The first kappa shape index (κ1) is 15.6. The van der Waals surface area contributed by atoms with Gasteiger partial charge >= 0.3 is 0 Å². The molecule has 124 valence electrons. The molecule has 0 saturated heterocycles. The van der Waals surface area contributed by atoms with Gasteiger partial charge in [0.2, 0.25) is 0 Å². The summed E-state index contributed by atoms with van der Waals surface area (Å²) in [6.07, 6.45) is 0. The maximum absolute atomic E-state index is 4.80. The van der Waals surface area contributed by atoms with E-state index in [1.54, 1.807) is 0 Å². The molecular formula is C22H21N3. The van der Waals surface area contributed by atoms with Crippen LogP contribution in [0.3, 0.4) is 0 Å². The van der Waals surface area contributed by atoms with Crippen molar-refractivity contribution in [2.75, 3.05) is 0 Å². The Kier molecular flexibility index (Phi) is 3.85. The number of rotatable bonds is 3. The third-order valence-corrected chi connectivity index (χ3v) is 4.69. The molecule has 0 atom stereocenters. The summed E-state index contributed by atoms with van der Waals surface area (Å²) in [7, 11) is 0. The van der Waals surface area contributed by atoms with E-state index in [4.69, 9.17) is 4.98 Å². The lowest BCUT2D eigenvalue weighted by Crippen LogP contribution is -2.03. The molecule has 0 amide bonds. The molecular weight excluding hydrogens is 306 g/mol. The van der Waals surface area contributed by atoms with Gasteiger partial charge in [0, 0.05) is 23.2 Å². The van der Waals surface area contributed by atoms with Gasteiger partial charge in [0.15, 0.2) is 0 Å². The van der Waals surface area contributed by atoms with Crippen LogP contribution in [0.1, 0.15) is 22.8 Å². The average molecular weight is 327 g/mol. The molecule has 0 saturated carbocycles. The summed E-state index contributed by atoms with van der Waals surface area (Å²) in [6, 6.07) is 21.1. The van der Waals surface area contributed by atoms with Crippen molar-refractivity contribution in [1.82, 2.24) is 14.5 Å². The molecule has 0 unspecified atom stereocenters. The number of hydrogen-bond donors (Lipinski definition) is 0. The van der Waals surface area contributed by atoms with Crippen molar-refractivity contribution in [3.63, 3.8) is 0 Å². The summed E-state index contributed by atoms with van der Waals surface area (Å²) in [6.45, 7) is 7.03. The van der Waals surface area contributed by atoms with Crippen molar-refractivity contribution in [2.24, 2.45) is 0 Å². The lowest BCUT2D eigenvalue weighted by molar-refractivity contribution is 0.788. The molecule has 0 fully saturated rings. The van der Waals surface area contributed by atoms with Crippen LogP contribution in [0.4, 0.5) is 0 Å². The minimum atomic E-state index is 0.819. The Morgan fingerprint density at radius 3 is 2.12 bits per heavy atom. The molecule has 0 N–H and O–H groups in total. The van der Waals surface area contributed by atoms with Crippen molar-refractivity contribution < 1.29 is 0 Å². The Balaban J connectivity index is 2.03. The molecule has 0 aliphatic heterocycles. The first-order valence-electron chi connectivity index (χ1n) is 8.58.